The molecule has 1 unspecified atom stereocenters. The summed E-state index contributed by atoms with van der Waals surface area (Å²) in [4.78, 5) is 16.6. The Morgan fingerprint density at radius 2 is 2.17 bits per heavy atom. The summed E-state index contributed by atoms with van der Waals surface area (Å²) in [6.07, 6.45) is 0.726. The summed E-state index contributed by atoms with van der Waals surface area (Å²) in [5.74, 6) is 0.668. The minimum atomic E-state index is -0.255. The van der Waals surface area contributed by atoms with Crippen LogP contribution < -0.4 is 10.1 Å². The molecule has 2 rings (SSSR count). The molecule has 6 heteroatoms. The molecule has 1 atom stereocenters. The van der Waals surface area contributed by atoms with Crippen molar-refractivity contribution in [3.05, 3.63) is 46.4 Å². The zero-order valence-corrected chi connectivity index (χ0v) is 14.2. The van der Waals surface area contributed by atoms with Gasteiger partial charge in [0.05, 0.1) is 29.4 Å². The minimum Gasteiger partial charge on any atom is -0.486 e. The van der Waals surface area contributed by atoms with E-state index < -0.39 is 0 Å². The van der Waals surface area contributed by atoms with Crippen LogP contribution in [0.2, 0.25) is 0 Å². The Hall–Kier alpha value is -1.92. The van der Waals surface area contributed by atoms with Gasteiger partial charge in [-0.15, -0.1) is 11.3 Å². The van der Waals surface area contributed by atoms with E-state index in [0.29, 0.717) is 23.8 Å². The van der Waals surface area contributed by atoms with Gasteiger partial charge in [0.1, 0.15) is 12.4 Å². The number of benzene rings is 1. The summed E-state index contributed by atoms with van der Waals surface area (Å²) >= 11 is 1.50. The van der Waals surface area contributed by atoms with Gasteiger partial charge in [0.2, 0.25) is 0 Å². The van der Waals surface area contributed by atoms with Crippen molar-refractivity contribution in [2.45, 2.75) is 32.9 Å². The van der Waals surface area contributed by atoms with E-state index in [0.717, 1.165) is 12.1 Å². The molecule has 0 radical (unpaired) electrons. The van der Waals surface area contributed by atoms with Crippen LogP contribution in [0.3, 0.4) is 0 Å². The number of carbonyl (C=O) groups excluding carboxylic acids is 1. The molecule has 0 aliphatic heterocycles. The first-order valence-corrected chi connectivity index (χ1v) is 8.55. The Morgan fingerprint density at radius 3 is 2.83 bits per heavy atom. The predicted molar refractivity (Wildman–Crippen MR) is 90.7 cm³/mol. The van der Waals surface area contributed by atoms with Crippen LogP contribution in [-0.2, 0) is 6.61 Å². The van der Waals surface area contributed by atoms with Crippen molar-refractivity contribution in [2.75, 3.05) is 6.61 Å². The second-order valence-corrected chi connectivity index (χ2v) is 6.47. The van der Waals surface area contributed by atoms with E-state index in [1.54, 1.807) is 23.7 Å². The maximum atomic E-state index is 12.5. The van der Waals surface area contributed by atoms with Crippen molar-refractivity contribution < 1.29 is 14.6 Å². The van der Waals surface area contributed by atoms with Crippen molar-refractivity contribution >= 4 is 17.2 Å². The Kier molecular flexibility index (Phi) is 6.55. The number of hydrogen-bond acceptors (Lipinski definition) is 5. The van der Waals surface area contributed by atoms with Gasteiger partial charge in [-0.3, -0.25) is 4.79 Å². The third-order valence-corrected chi connectivity index (χ3v) is 3.94. The number of hydrogen-bond donors (Lipinski definition) is 2. The molecular formula is C17H22N2O3S. The van der Waals surface area contributed by atoms with Gasteiger partial charge in [-0.05, 0) is 24.5 Å². The van der Waals surface area contributed by atoms with Crippen LogP contribution in [0.5, 0.6) is 5.75 Å². The summed E-state index contributed by atoms with van der Waals surface area (Å²) in [6.45, 7) is 4.36. The molecule has 1 amide bonds. The molecular weight excluding hydrogens is 312 g/mol. The number of aliphatic hydroxyl groups is 1. The first-order valence-electron chi connectivity index (χ1n) is 7.60. The summed E-state index contributed by atoms with van der Waals surface area (Å²) in [7, 11) is 0. The molecule has 0 spiro atoms. The lowest BCUT2D eigenvalue weighted by molar-refractivity contribution is 0.0903. The lowest BCUT2D eigenvalue weighted by atomic mass is 10.0. The standard InChI is InChI=1S/C17H22N2O3S/c1-12(2)7-13(8-20)19-17(21)15-5-3-4-6-16(15)22-9-14-10-23-11-18-14/h3-6,10-13,20H,7-9H2,1-2H3,(H,19,21). The maximum absolute atomic E-state index is 12.5. The summed E-state index contributed by atoms with van der Waals surface area (Å²) in [5, 5.41) is 14.2. The van der Waals surface area contributed by atoms with Gasteiger partial charge in [0.25, 0.3) is 5.91 Å². The average Bonchev–Trinajstić information content (AvgIpc) is 3.05. The number of aliphatic hydroxyl groups excluding tert-OH is 1. The molecule has 23 heavy (non-hydrogen) atoms. The minimum absolute atomic E-state index is 0.0776. The number of rotatable bonds is 8. The van der Waals surface area contributed by atoms with Gasteiger partial charge in [-0.1, -0.05) is 26.0 Å². The molecule has 0 bridgehead atoms. The monoisotopic (exact) mass is 334 g/mol. The number of nitrogens with one attached hydrogen (secondary N) is 1. The van der Waals surface area contributed by atoms with Gasteiger partial charge < -0.3 is 15.2 Å². The molecule has 2 N–H and O–H groups in total. The van der Waals surface area contributed by atoms with E-state index >= 15 is 0 Å². The Morgan fingerprint density at radius 1 is 1.39 bits per heavy atom. The van der Waals surface area contributed by atoms with E-state index in [1.165, 1.54) is 11.3 Å². The normalized spacial score (nSPS) is 12.2. The second kappa shape index (κ2) is 8.64. The van der Waals surface area contributed by atoms with Gasteiger partial charge >= 0.3 is 0 Å². The smallest absolute Gasteiger partial charge is 0.255 e. The SMILES string of the molecule is CC(C)CC(CO)NC(=O)c1ccccc1OCc1cscn1. The van der Waals surface area contributed by atoms with E-state index in [4.69, 9.17) is 4.74 Å². The highest BCUT2D eigenvalue weighted by atomic mass is 32.1. The highest BCUT2D eigenvalue weighted by Gasteiger charge is 2.17. The molecule has 0 aliphatic carbocycles. The fourth-order valence-corrected chi connectivity index (χ4v) is 2.79. The van der Waals surface area contributed by atoms with Gasteiger partial charge in [0.15, 0.2) is 0 Å². The molecule has 0 fully saturated rings. The van der Waals surface area contributed by atoms with E-state index in [9.17, 15) is 9.90 Å². The van der Waals surface area contributed by atoms with Crippen LogP contribution in [-0.4, -0.2) is 28.6 Å². The number of aromatic nitrogens is 1. The number of ether oxygens (including phenoxy) is 1. The quantitative estimate of drug-likeness (QED) is 0.779. The number of thiazole rings is 1. The Labute approximate surface area is 140 Å². The summed E-state index contributed by atoms with van der Waals surface area (Å²) in [6, 6.07) is 6.84. The molecule has 1 aromatic carbocycles. The van der Waals surface area contributed by atoms with Crippen molar-refractivity contribution in [3.63, 3.8) is 0 Å². The van der Waals surface area contributed by atoms with Crippen LogP contribution in [0.25, 0.3) is 0 Å². The molecule has 124 valence electrons. The molecule has 0 saturated heterocycles. The average molecular weight is 334 g/mol. The lowest BCUT2D eigenvalue weighted by Gasteiger charge is -2.19. The largest absolute Gasteiger partial charge is 0.486 e. The molecule has 0 saturated carbocycles. The first-order chi connectivity index (χ1) is 11.1. The number of carbonyl (C=O) groups is 1. The summed E-state index contributed by atoms with van der Waals surface area (Å²) in [5.41, 5.74) is 3.04. The first kappa shape index (κ1) is 17.4. The Bertz CT molecular complexity index is 614. The molecule has 1 aromatic heterocycles. The fourth-order valence-electron chi connectivity index (χ4n) is 2.25. The van der Waals surface area contributed by atoms with Crippen LogP contribution in [0, 0.1) is 5.92 Å². The van der Waals surface area contributed by atoms with E-state index in [1.807, 2.05) is 11.4 Å². The molecule has 2 aromatic rings. The third kappa shape index (κ3) is 5.33. The van der Waals surface area contributed by atoms with Crippen molar-refractivity contribution in [2.24, 2.45) is 5.92 Å². The molecule has 5 nitrogen and oxygen atoms in total. The van der Waals surface area contributed by atoms with Crippen LogP contribution in [0.1, 0.15) is 36.3 Å². The third-order valence-electron chi connectivity index (χ3n) is 3.30. The zero-order chi connectivity index (χ0) is 16.7. The topological polar surface area (TPSA) is 71.5 Å². The lowest BCUT2D eigenvalue weighted by Crippen LogP contribution is -2.38. The van der Waals surface area contributed by atoms with Crippen LogP contribution in [0.4, 0.5) is 0 Å². The highest BCUT2D eigenvalue weighted by Crippen LogP contribution is 2.20. The summed E-state index contributed by atoms with van der Waals surface area (Å²) < 4.78 is 5.72. The van der Waals surface area contributed by atoms with Crippen molar-refractivity contribution in [1.29, 1.82) is 0 Å². The number of amides is 1. The van der Waals surface area contributed by atoms with Crippen molar-refractivity contribution in [3.8, 4) is 5.75 Å². The van der Waals surface area contributed by atoms with Crippen LogP contribution >= 0.6 is 11.3 Å². The Balaban J connectivity index is 2.04. The number of para-hydroxylation sites is 1. The second-order valence-electron chi connectivity index (χ2n) is 5.75. The molecule has 0 aliphatic rings. The zero-order valence-electron chi connectivity index (χ0n) is 13.4. The predicted octanol–water partition coefficient (Wildman–Crippen LogP) is 2.86. The van der Waals surface area contributed by atoms with Gasteiger partial charge in [-0.2, -0.15) is 0 Å². The van der Waals surface area contributed by atoms with E-state index in [-0.39, 0.29) is 18.6 Å². The number of nitrogens with zero attached hydrogens (tertiary/aromatic N) is 1. The van der Waals surface area contributed by atoms with Crippen LogP contribution in [0.15, 0.2) is 35.2 Å². The molecule has 1 heterocycles. The van der Waals surface area contributed by atoms with Crippen molar-refractivity contribution in [1.82, 2.24) is 10.3 Å². The van der Waals surface area contributed by atoms with E-state index in [2.05, 4.69) is 24.1 Å². The fraction of sp³-hybridized carbons (Fsp3) is 0.412. The van der Waals surface area contributed by atoms with Gasteiger partial charge in [0, 0.05) is 5.38 Å². The maximum Gasteiger partial charge on any atom is 0.255 e. The van der Waals surface area contributed by atoms with Gasteiger partial charge in [-0.25, -0.2) is 4.98 Å². The highest BCUT2D eigenvalue weighted by molar-refractivity contribution is 7.07.